The van der Waals surface area contributed by atoms with Crippen molar-refractivity contribution in [3.05, 3.63) is 24.0 Å². The van der Waals surface area contributed by atoms with Gasteiger partial charge in [-0.1, -0.05) is 0 Å². The Morgan fingerprint density at radius 1 is 1.53 bits per heavy atom. The zero-order chi connectivity index (χ0) is 12.5. The van der Waals surface area contributed by atoms with E-state index in [0.717, 1.165) is 12.8 Å². The first kappa shape index (κ1) is 13.4. The maximum Gasteiger partial charge on any atom is 0.253 e. The lowest BCUT2D eigenvalue weighted by atomic mass is 10.2. The van der Waals surface area contributed by atoms with Crippen LogP contribution in [0.5, 0.6) is 0 Å². The number of hydrazine groups is 1. The van der Waals surface area contributed by atoms with Gasteiger partial charge in [-0.25, -0.2) is 0 Å². The highest BCUT2D eigenvalue weighted by Crippen LogP contribution is 2.11. The highest BCUT2D eigenvalue weighted by atomic mass is 16.5. The van der Waals surface area contributed by atoms with E-state index in [1.165, 1.54) is 6.20 Å². The molecule has 0 bridgehead atoms. The zero-order valence-electron chi connectivity index (χ0n) is 9.90. The lowest BCUT2D eigenvalue weighted by Gasteiger charge is -2.08. The molecule has 0 saturated heterocycles. The Labute approximate surface area is 101 Å². The van der Waals surface area contributed by atoms with Crippen molar-refractivity contribution < 1.29 is 9.53 Å². The maximum absolute atomic E-state index is 11.8. The summed E-state index contributed by atoms with van der Waals surface area (Å²) in [6.07, 6.45) is 4.88. The van der Waals surface area contributed by atoms with Gasteiger partial charge in [0, 0.05) is 26.5 Å². The molecule has 1 aromatic rings. The highest BCUT2D eigenvalue weighted by Gasteiger charge is 2.09. The van der Waals surface area contributed by atoms with E-state index in [1.54, 1.807) is 19.4 Å². The molecule has 0 fully saturated rings. The minimum Gasteiger partial charge on any atom is -0.385 e. The van der Waals surface area contributed by atoms with Crippen LogP contribution in [0.3, 0.4) is 0 Å². The third kappa shape index (κ3) is 4.38. The largest absolute Gasteiger partial charge is 0.385 e. The predicted molar refractivity (Wildman–Crippen MR) is 65.5 cm³/mol. The van der Waals surface area contributed by atoms with Gasteiger partial charge < -0.3 is 15.5 Å². The lowest BCUT2D eigenvalue weighted by molar-refractivity contribution is 0.0952. The molecule has 6 nitrogen and oxygen atoms in total. The molecule has 4 N–H and O–H groups in total. The number of nitrogens with zero attached hydrogens (tertiary/aromatic N) is 1. The van der Waals surface area contributed by atoms with Gasteiger partial charge in [0.05, 0.1) is 17.4 Å². The summed E-state index contributed by atoms with van der Waals surface area (Å²) < 4.78 is 4.92. The molecule has 0 aliphatic rings. The average Bonchev–Trinajstić information content (AvgIpc) is 2.38. The van der Waals surface area contributed by atoms with E-state index in [-0.39, 0.29) is 5.91 Å². The first-order chi connectivity index (χ1) is 8.29. The number of carbonyl (C=O) groups is 1. The molecule has 0 aromatic carbocycles. The van der Waals surface area contributed by atoms with E-state index in [4.69, 9.17) is 10.6 Å². The monoisotopic (exact) mass is 238 g/mol. The Bertz CT molecular complexity index is 357. The fourth-order valence-corrected chi connectivity index (χ4v) is 1.38. The number of hydrogen-bond acceptors (Lipinski definition) is 5. The molecule has 17 heavy (non-hydrogen) atoms. The fourth-order valence-electron chi connectivity index (χ4n) is 1.38. The van der Waals surface area contributed by atoms with Crippen molar-refractivity contribution in [1.82, 2.24) is 10.3 Å². The number of rotatable bonds is 7. The van der Waals surface area contributed by atoms with Crippen LogP contribution in [-0.4, -0.2) is 31.2 Å². The molecule has 6 heteroatoms. The second-order valence-corrected chi connectivity index (χ2v) is 3.52. The minimum absolute atomic E-state index is 0.155. The lowest BCUT2D eigenvalue weighted by Crippen LogP contribution is -2.26. The van der Waals surface area contributed by atoms with Crippen LogP contribution in [0.2, 0.25) is 0 Å². The van der Waals surface area contributed by atoms with Crippen molar-refractivity contribution in [2.24, 2.45) is 5.84 Å². The molecule has 0 atom stereocenters. The number of aromatic nitrogens is 1. The van der Waals surface area contributed by atoms with Crippen LogP contribution < -0.4 is 16.6 Å². The molecule has 1 aromatic heterocycles. The van der Waals surface area contributed by atoms with Crippen molar-refractivity contribution in [2.45, 2.75) is 12.8 Å². The van der Waals surface area contributed by atoms with Crippen LogP contribution in [-0.2, 0) is 4.74 Å². The molecular weight excluding hydrogens is 220 g/mol. The molecule has 0 spiro atoms. The summed E-state index contributed by atoms with van der Waals surface area (Å²) >= 11 is 0. The molecule has 1 amide bonds. The van der Waals surface area contributed by atoms with Crippen molar-refractivity contribution in [2.75, 3.05) is 25.7 Å². The Morgan fingerprint density at radius 3 is 3.06 bits per heavy atom. The minimum atomic E-state index is -0.155. The van der Waals surface area contributed by atoms with Crippen molar-refractivity contribution in [3.8, 4) is 0 Å². The number of nitrogens with two attached hydrogens (primary N) is 1. The predicted octanol–water partition coefficient (Wildman–Crippen LogP) is 0.524. The molecule has 0 saturated carbocycles. The van der Waals surface area contributed by atoms with Crippen LogP contribution in [0.15, 0.2) is 18.5 Å². The van der Waals surface area contributed by atoms with Gasteiger partial charge in [0.25, 0.3) is 5.91 Å². The van der Waals surface area contributed by atoms with Crippen LogP contribution in [0.1, 0.15) is 23.2 Å². The number of hydrogen-bond donors (Lipinski definition) is 3. The molecular formula is C11H18N4O2. The smallest absolute Gasteiger partial charge is 0.253 e. The molecule has 0 radical (unpaired) electrons. The molecule has 1 heterocycles. The number of nitrogen functional groups attached to an aromatic ring is 1. The number of pyridine rings is 1. The van der Waals surface area contributed by atoms with E-state index >= 15 is 0 Å². The van der Waals surface area contributed by atoms with E-state index in [2.05, 4.69) is 15.7 Å². The summed E-state index contributed by atoms with van der Waals surface area (Å²) in [5.74, 6) is 5.14. The molecule has 1 rings (SSSR count). The number of ether oxygens (including phenoxy) is 1. The second-order valence-electron chi connectivity index (χ2n) is 3.52. The van der Waals surface area contributed by atoms with E-state index in [0.29, 0.717) is 24.4 Å². The van der Waals surface area contributed by atoms with Crippen LogP contribution >= 0.6 is 0 Å². The normalized spacial score (nSPS) is 10.0. The third-order valence-corrected chi connectivity index (χ3v) is 2.28. The summed E-state index contributed by atoms with van der Waals surface area (Å²) in [4.78, 5) is 15.7. The molecule has 0 unspecified atom stereocenters. The van der Waals surface area contributed by atoms with Crippen molar-refractivity contribution in [1.29, 1.82) is 0 Å². The van der Waals surface area contributed by atoms with Gasteiger partial charge in [-0.3, -0.25) is 15.6 Å². The summed E-state index contributed by atoms with van der Waals surface area (Å²) in [6, 6.07) is 1.62. The van der Waals surface area contributed by atoms with Gasteiger partial charge >= 0.3 is 0 Å². The SMILES string of the molecule is COCCCCNC(=O)c1ccncc1NN. The number of anilines is 1. The van der Waals surface area contributed by atoms with E-state index in [9.17, 15) is 4.79 Å². The zero-order valence-corrected chi connectivity index (χ0v) is 9.90. The van der Waals surface area contributed by atoms with Gasteiger partial charge in [-0.05, 0) is 18.9 Å². The number of carbonyl (C=O) groups excluding carboxylic acids is 1. The standard InChI is InChI=1S/C11H18N4O2/c1-17-7-3-2-5-14-11(16)9-4-6-13-8-10(9)15-12/h4,6,8,15H,2-3,5,7,12H2,1H3,(H,14,16). The van der Waals surface area contributed by atoms with Crippen LogP contribution in [0, 0.1) is 0 Å². The summed E-state index contributed by atoms with van der Waals surface area (Å²) in [5.41, 5.74) is 3.45. The topological polar surface area (TPSA) is 89.3 Å². The Kier molecular flexibility index (Phi) is 5.98. The average molecular weight is 238 g/mol. The van der Waals surface area contributed by atoms with Gasteiger partial charge in [-0.2, -0.15) is 0 Å². The third-order valence-electron chi connectivity index (χ3n) is 2.28. The van der Waals surface area contributed by atoms with Crippen LogP contribution in [0.4, 0.5) is 5.69 Å². The number of amides is 1. The highest BCUT2D eigenvalue weighted by molar-refractivity contribution is 5.99. The summed E-state index contributed by atoms with van der Waals surface area (Å²) in [7, 11) is 1.66. The quantitative estimate of drug-likeness (QED) is 0.366. The Hall–Kier alpha value is -1.66. The van der Waals surface area contributed by atoms with E-state index in [1.807, 2.05) is 0 Å². The molecule has 94 valence electrons. The Morgan fingerprint density at radius 2 is 2.35 bits per heavy atom. The molecule has 0 aliphatic heterocycles. The maximum atomic E-state index is 11.8. The summed E-state index contributed by atoms with van der Waals surface area (Å²) in [5, 5.41) is 2.81. The van der Waals surface area contributed by atoms with Gasteiger partial charge in [0.2, 0.25) is 0 Å². The van der Waals surface area contributed by atoms with Crippen molar-refractivity contribution in [3.63, 3.8) is 0 Å². The number of methoxy groups -OCH3 is 1. The van der Waals surface area contributed by atoms with Gasteiger partial charge in [-0.15, -0.1) is 0 Å². The number of unbranched alkanes of at least 4 members (excludes halogenated alkanes) is 1. The van der Waals surface area contributed by atoms with Crippen molar-refractivity contribution >= 4 is 11.6 Å². The number of nitrogens with one attached hydrogen (secondary N) is 2. The van der Waals surface area contributed by atoms with Gasteiger partial charge in [0.1, 0.15) is 0 Å². The summed E-state index contributed by atoms with van der Waals surface area (Å²) in [6.45, 7) is 1.33. The first-order valence-electron chi connectivity index (χ1n) is 5.47. The molecule has 0 aliphatic carbocycles. The second kappa shape index (κ2) is 7.59. The van der Waals surface area contributed by atoms with Crippen LogP contribution in [0.25, 0.3) is 0 Å². The fraction of sp³-hybridized carbons (Fsp3) is 0.455. The van der Waals surface area contributed by atoms with Gasteiger partial charge in [0.15, 0.2) is 0 Å². The first-order valence-corrected chi connectivity index (χ1v) is 5.47. The Balaban J connectivity index is 2.41. The van der Waals surface area contributed by atoms with E-state index < -0.39 is 0 Å².